The van der Waals surface area contributed by atoms with Crippen molar-refractivity contribution in [1.82, 2.24) is 0 Å². The van der Waals surface area contributed by atoms with E-state index in [-0.39, 0.29) is 11.5 Å². The fraction of sp³-hybridized carbons (Fsp3) is 0.261. The summed E-state index contributed by atoms with van der Waals surface area (Å²) in [4.78, 5) is 26.1. The molecule has 1 heterocycles. The molecule has 1 N–H and O–H groups in total. The average molecular weight is 458 g/mol. The van der Waals surface area contributed by atoms with Crippen molar-refractivity contribution in [3.05, 3.63) is 58.5 Å². The Morgan fingerprint density at radius 3 is 2.68 bits per heavy atom. The van der Waals surface area contributed by atoms with E-state index < -0.39 is 5.97 Å². The van der Waals surface area contributed by atoms with Crippen molar-refractivity contribution < 1.29 is 24.2 Å². The Morgan fingerprint density at radius 1 is 1.16 bits per heavy atom. The maximum atomic E-state index is 13.0. The van der Waals surface area contributed by atoms with E-state index in [0.717, 1.165) is 18.4 Å². The smallest absolute Gasteiger partial charge is 0.335 e. The molecule has 31 heavy (non-hydrogen) atoms. The highest BCUT2D eigenvalue weighted by Crippen LogP contribution is 2.37. The summed E-state index contributed by atoms with van der Waals surface area (Å²) < 4.78 is 11.9. The van der Waals surface area contributed by atoms with E-state index in [0.29, 0.717) is 39.6 Å². The molecule has 1 saturated heterocycles. The number of thioether (sulfide) groups is 1. The molecule has 3 rings (SSSR count). The SMILES string of the molecule is CCCCOc1ccc(C=C2SC(=S)N(c3cccc(C(=O)O)c3)C2=O)cc1OCC. The lowest BCUT2D eigenvalue weighted by Crippen LogP contribution is -2.27. The number of nitrogens with zero attached hydrogens (tertiary/aromatic N) is 1. The summed E-state index contributed by atoms with van der Waals surface area (Å²) in [5.41, 5.74) is 1.31. The fourth-order valence-corrected chi connectivity index (χ4v) is 4.25. The van der Waals surface area contributed by atoms with E-state index in [9.17, 15) is 14.7 Å². The molecule has 1 aliphatic rings. The molecule has 6 nitrogen and oxygen atoms in total. The molecule has 0 unspecified atom stereocenters. The number of aromatic carboxylic acids is 1. The maximum absolute atomic E-state index is 13.0. The van der Waals surface area contributed by atoms with E-state index in [1.807, 2.05) is 25.1 Å². The Morgan fingerprint density at radius 2 is 1.97 bits per heavy atom. The van der Waals surface area contributed by atoms with Crippen LogP contribution in [0.1, 0.15) is 42.6 Å². The van der Waals surface area contributed by atoms with E-state index in [1.54, 1.807) is 18.2 Å². The third-order valence-electron chi connectivity index (χ3n) is 4.47. The summed E-state index contributed by atoms with van der Waals surface area (Å²) >= 11 is 6.56. The Hall–Kier alpha value is -2.84. The molecule has 1 amide bonds. The van der Waals surface area contributed by atoms with Gasteiger partial charge in [0.05, 0.1) is 29.4 Å². The topological polar surface area (TPSA) is 76.1 Å². The van der Waals surface area contributed by atoms with Gasteiger partial charge < -0.3 is 14.6 Å². The minimum atomic E-state index is -1.06. The minimum Gasteiger partial charge on any atom is -0.490 e. The van der Waals surface area contributed by atoms with Crippen LogP contribution in [0.3, 0.4) is 0 Å². The largest absolute Gasteiger partial charge is 0.490 e. The normalized spacial score (nSPS) is 14.9. The zero-order valence-corrected chi connectivity index (χ0v) is 18.9. The Labute approximate surface area is 190 Å². The average Bonchev–Trinajstić information content (AvgIpc) is 3.03. The van der Waals surface area contributed by atoms with E-state index in [2.05, 4.69) is 6.92 Å². The molecule has 162 valence electrons. The Bertz CT molecular complexity index is 1030. The molecular weight excluding hydrogens is 434 g/mol. The molecule has 0 radical (unpaired) electrons. The molecule has 1 fully saturated rings. The van der Waals surface area contributed by atoms with Gasteiger partial charge in [-0.3, -0.25) is 9.69 Å². The van der Waals surface area contributed by atoms with E-state index in [4.69, 9.17) is 21.7 Å². The van der Waals surface area contributed by atoms with Crippen LogP contribution in [-0.2, 0) is 4.79 Å². The predicted molar refractivity (Wildman–Crippen MR) is 127 cm³/mol. The van der Waals surface area contributed by atoms with Gasteiger partial charge >= 0.3 is 5.97 Å². The monoisotopic (exact) mass is 457 g/mol. The third kappa shape index (κ3) is 5.45. The molecule has 0 atom stereocenters. The van der Waals surface area contributed by atoms with Crippen molar-refractivity contribution in [2.24, 2.45) is 0 Å². The van der Waals surface area contributed by atoms with Crippen molar-refractivity contribution >= 4 is 51.9 Å². The molecule has 0 aliphatic carbocycles. The predicted octanol–water partition coefficient (Wildman–Crippen LogP) is 5.37. The standard InChI is InChI=1S/C23H23NO5S2/c1-3-5-11-29-18-10-9-15(12-19(18)28-4-2)13-20-21(25)24(23(30)31-20)17-8-6-7-16(14-17)22(26)27/h6-10,12-14H,3-5,11H2,1-2H3,(H,26,27). The van der Waals surface area contributed by atoms with E-state index >= 15 is 0 Å². The van der Waals surface area contributed by atoms with Gasteiger partial charge in [0, 0.05) is 0 Å². The first-order valence-electron chi connectivity index (χ1n) is 9.95. The first-order valence-corrected chi connectivity index (χ1v) is 11.2. The third-order valence-corrected chi connectivity index (χ3v) is 5.77. The fourth-order valence-electron chi connectivity index (χ4n) is 2.95. The van der Waals surface area contributed by atoms with Crippen LogP contribution in [0.5, 0.6) is 11.5 Å². The van der Waals surface area contributed by atoms with Gasteiger partial charge in [-0.25, -0.2) is 4.79 Å². The van der Waals surface area contributed by atoms with Gasteiger partial charge in [-0.15, -0.1) is 0 Å². The van der Waals surface area contributed by atoms with Crippen LogP contribution in [0, 0.1) is 0 Å². The van der Waals surface area contributed by atoms with Crippen LogP contribution in [0.25, 0.3) is 6.08 Å². The maximum Gasteiger partial charge on any atom is 0.335 e. The van der Waals surface area contributed by atoms with Gasteiger partial charge in [0.15, 0.2) is 15.8 Å². The number of thiocarbonyl (C=S) groups is 1. The molecular formula is C23H23NO5S2. The molecule has 8 heteroatoms. The number of anilines is 1. The van der Waals surface area contributed by atoms with Crippen LogP contribution >= 0.6 is 24.0 Å². The number of ether oxygens (including phenoxy) is 2. The second-order valence-electron chi connectivity index (χ2n) is 6.71. The summed E-state index contributed by atoms with van der Waals surface area (Å²) in [6.45, 7) is 5.11. The summed E-state index contributed by atoms with van der Waals surface area (Å²) in [5.74, 6) is -0.0613. The van der Waals surface area contributed by atoms with Gasteiger partial charge in [-0.1, -0.05) is 49.5 Å². The van der Waals surface area contributed by atoms with Gasteiger partial charge in [0.1, 0.15) is 0 Å². The lowest BCUT2D eigenvalue weighted by atomic mass is 10.1. The van der Waals surface area contributed by atoms with Crippen LogP contribution in [0.4, 0.5) is 5.69 Å². The Balaban J connectivity index is 1.86. The molecule has 0 aromatic heterocycles. The van der Waals surface area contributed by atoms with Gasteiger partial charge in [0.25, 0.3) is 5.91 Å². The summed E-state index contributed by atoms with van der Waals surface area (Å²) in [5, 5.41) is 9.22. The second-order valence-corrected chi connectivity index (χ2v) is 8.39. The zero-order valence-electron chi connectivity index (χ0n) is 17.3. The number of carbonyl (C=O) groups is 2. The lowest BCUT2D eigenvalue weighted by Gasteiger charge is -2.15. The summed E-state index contributed by atoms with van der Waals surface area (Å²) in [6, 6.07) is 11.7. The van der Waals surface area contributed by atoms with Gasteiger partial charge in [-0.05, 0) is 55.3 Å². The van der Waals surface area contributed by atoms with Crippen LogP contribution in [0.2, 0.25) is 0 Å². The van der Waals surface area contributed by atoms with Crippen molar-refractivity contribution in [2.45, 2.75) is 26.7 Å². The number of carboxylic acids is 1. The molecule has 0 bridgehead atoms. The zero-order chi connectivity index (χ0) is 22.4. The Kier molecular flexibility index (Phi) is 7.70. The van der Waals surface area contributed by atoms with Gasteiger partial charge in [-0.2, -0.15) is 0 Å². The van der Waals surface area contributed by atoms with E-state index in [1.165, 1.54) is 28.8 Å². The van der Waals surface area contributed by atoms with Crippen LogP contribution in [0.15, 0.2) is 47.4 Å². The molecule has 0 saturated carbocycles. The first kappa shape index (κ1) is 22.8. The highest BCUT2D eigenvalue weighted by molar-refractivity contribution is 8.27. The molecule has 2 aromatic rings. The number of carboxylic acid groups (broad SMARTS) is 1. The molecule has 0 spiro atoms. The molecule has 2 aromatic carbocycles. The number of hydrogen-bond donors (Lipinski definition) is 1. The number of rotatable bonds is 9. The minimum absolute atomic E-state index is 0.0931. The van der Waals surface area contributed by atoms with Crippen LogP contribution in [-0.4, -0.2) is 34.5 Å². The van der Waals surface area contributed by atoms with Crippen LogP contribution < -0.4 is 14.4 Å². The van der Waals surface area contributed by atoms with Crippen molar-refractivity contribution in [3.63, 3.8) is 0 Å². The summed E-state index contributed by atoms with van der Waals surface area (Å²) in [6.07, 6.45) is 3.75. The molecule has 1 aliphatic heterocycles. The van der Waals surface area contributed by atoms with Crippen molar-refractivity contribution in [3.8, 4) is 11.5 Å². The number of hydrogen-bond acceptors (Lipinski definition) is 6. The lowest BCUT2D eigenvalue weighted by molar-refractivity contribution is -0.113. The first-order chi connectivity index (χ1) is 14.9. The number of carbonyl (C=O) groups excluding carboxylic acids is 1. The number of amides is 1. The quantitative estimate of drug-likeness (QED) is 0.308. The summed E-state index contributed by atoms with van der Waals surface area (Å²) in [7, 11) is 0. The second kappa shape index (κ2) is 10.5. The number of benzene rings is 2. The highest BCUT2D eigenvalue weighted by atomic mass is 32.2. The van der Waals surface area contributed by atoms with Crippen molar-refractivity contribution in [1.29, 1.82) is 0 Å². The van der Waals surface area contributed by atoms with Crippen molar-refractivity contribution in [2.75, 3.05) is 18.1 Å². The highest BCUT2D eigenvalue weighted by Gasteiger charge is 2.33. The number of unbranched alkanes of at least 4 members (excludes halogenated alkanes) is 1. The van der Waals surface area contributed by atoms with Gasteiger partial charge in [0.2, 0.25) is 0 Å².